The highest BCUT2D eigenvalue weighted by Crippen LogP contribution is 2.19. The van der Waals surface area contributed by atoms with Gasteiger partial charge in [0, 0.05) is 5.02 Å². The van der Waals surface area contributed by atoms with Crippen molar-refractivity contribution >= 4 is 35.1 Å². The molecule has 0 spiro atoms. The van der Waals surface area contributed by atoms with Crippen molar-refractivity contribution in [2.45, 2.75) is 0 Å². The Hall–Kier alpha value is -2.93. The predicted molar refractivity (Wildman–Crippen MR) is 88.1 cm³/mol. The fourth-order valence-electron chi connectivity index (χ4n) is 1.85. The van der Waals surface area contributed by atoms with Gasteiger partial charge >= 0.3 is 11.9 Å². The highest BCUT2D eigenvalue weighted by molar-refractivity contribution is 6.30. The molecule has 1 amide bonds. The van der Waals surface area contributed by atoms with E-state index in [-0.39, 0.29) is 21.8 Å². The summed E-state index contributed by atoms with van der Waals surface area (Å²) in [6.45, 7) is -0.608. The Bertz CT molecular complexity index is 807. The first kappa shape index (κ1) is 18.4. The van der Waals surface area contributed by atoms with E-state index in [9.17, 15) is 18.8 Å². The Morgan fingerprint density at radius 3 is 2.24 bits per heavy atom. The molecule has 0 aromatic heterocycles. The number of nitrogens with one attached hydrogen (secondary N) is 1. The Balaban J connectivity index is 1.92. The summed E-state index contributed by atoms with van der Waals surface area (Å²) in [5.74, 6) is -2.69. The zero-order valence-electron chi connectivity index (χ0n) is 13.0. The second-order valence-corrected chi connectivity index (χ2v) is 5.25. The van der Waals surface area contributed by atoms with Gasteiger partial charge in [0.25, 0.3) is 5.91 Å². The number of ether oxygens (including phenoxy) is 2. The summed E-state index contributed by atoms with van der Waals surface area (Å²) < 4.78 is 22.9. The number of halogens is 2. The number of hydrogen-bond acceptors (Lipinski definition) is 5. The van der Waals surface area contributed by atoms with Gasteiger partial charge in [-0.3, -0.25) is 4.79 Å². The van der Waals surface area contributed by atoms with Crippen molar-refractivity contribution in [3.63, 3.8) is 0 Å². The Morgan fingerprint density at radius 1 is 1.04 bits per heavy atom. The molecule has 0 aliphatic rings. The first-order valence-corrected chi connectivity index (χ1v) is 7.39. The van der Waals surface area contributed by atoms with Gasteiger partial charge in [0.15, 0.2) is 6.61 Å². The second-order valence-electron chi connectivity index (χ2n) is 4.82. The molecule has 0 heterocycles. The maximum absolute atomic E-state index is 13.5. The van der Waals surface area contributed by atoms with Crippen LogP contribution in [0.1, 0.15) is 20.7 Å². The fourth-order valence-corrected chi connectivity index (χ4v) is 2.03. The first-order valence-electron chi connectivity index (χ1n) is 7.01. The van der Waals surface area contributed by atoms with E-state index < -0.39 is 30.3 Å². The van der Waals surface area contributed by atoms with Crippen molar-refractivity contribution in [3.8, 4) is 0 Å². The van der Waals surface area contributed by atoms with Gasteiger partial charge < -0.3 is 14.8 Å². The molecule has 130 valence electrons. The first-order chi connectivity index (χ1) is 11.9. The number of amides is 1. The fraction of sp³-hybridized carbons (Fsp3) is 0.118. The molecule has 0 aliphatic carbocycles. The lowest BCUT2D eigenvalue weighted by molar-refractivity contribution is -0.119. The predicted octanol–water partition coefficient (Wildman–Crippen LogP) is 3.06. The lowest BCUT2D eigenvalue weighted by Crippen LogP contribution is -2.21. The molecule has 2 aromatic rings. The van der Waals surface area contributed by atoms with Crippen LogP contribution in [0, 0.1) is 5.82 Å². The summed E-state index contributed by atoms with van der Waals surface area (Å²) in [4.78, 5) is 34.9. The van der Waals surface area contributed by atoms with Crippen molar-refractivity contribution in [1.29, 1.82) is 0 Å². The highest BCUT2D eigenvalue weighted by Gasteiger charge is 2.13. The van der Waals surface area contributed by atoms with Gasteiger partial charge in [-0.25, -0.2) is 14.0 Å². The molecule has 1 N–H and O–H groups in total. The third-order valence-electron chi connectivity index (χ3n) is 3.08. The van der Waals surface area contributed by atoms with Crippen LogP contribution in [0.25, 0.3) is 0 Å². The monoisotopic (exact) mass is 365 g/mol. The van der Waals surface area contributed by atoms with Crippen molar-refractivity contribution in [2.75, 3.05) is 19.0 Å². The molecule has 0 radical (unpaired) electrons. The maximum Gasteiger partial charge on any atom is 0.338 e. The Labute approximate surface area is 147 Å². The maximum atomic E-state index is 13.5. The molecule has 0 aliphatic heterocycles. The number of anilines is 1. The summed E-state index contributed by atoms with van der Waals surface area (Å²) in [5.41, 5.74) is 0.304. The number of carbonyl (C=O) groups excluding carboxylic acids is 3. The quantitative estimate of drug-likeness (QED) is 0.823. The summed E-state index contributed by atoms with van der Waals surface area (Å²) in [7, 11) is 1.24. The largest absolute Gasteiger partial charge is 0.465 e. The van der Waals surface area contributed by atoms with E-state index in [4.69, 9.17) is 16.3 Å². The molecule has 25 heavy (non-hydrogen) atoms. The van der Waals surface area contributed by atoms with Gasteiger partial charge in [-0.05, 0) is 42.5 Å². The number of hydrogen-bond donors (Lipinski definition) is 1. The summed E-state index contributed by atoms with van der Waals surface area (Å²) in [6.07, 6.45) is 0. The minimum atomic E-state index is -0.766. The van der Waals surface area contributed by atoms with Gasteiger partial charge in [-0.1, -0.05) is 11.6 Å². The smallest absolute Gasteiger partial charge is 0.338 e. The molecule has 8 heteroatoms. The molecule has 6 nitrogen and oxygen atoms in total. The molecule has 0 saturated carbocycles. The minimum Gasteiger partial charge on any atom is -0.465 e. The van der Waals surface area contributed by atoms with Crippen LogP contribution in [-0.2, 0) is 14.3 Å². The van der Waals surface area contributed by atoms with Crippen LogP contribution in [0.5, 0.6) is 0 Å². The Morgan fingerprint density at radius 2 is 1.64 bits per heavy atom. The molecule has 0 unspecified atom stereocenters. The van der Waals surface area contributed by atoms with Gasteiger partial charge in [0.1, 0.15) is 5.82 Å². The van der Waals surface area contributed by atoms with E-state index in [2.05, 4.69) is 10.1 Å². The number of methoxy groups -OCH3 is 1. The topological polar surface area (TPSA) is 81.7 Å². The lowest BCUT2D eigenvalue weighted by atomic mass is 10.1. The molecular formula is C17H13ClFNO5. The standard InChI is InChI=1S/C17H13ClFNO5/c1-24-16(22)10-2-4-11(5-3-10)17(23)25-9-15(21)20-14-8-12(18)6-7-13(14)19/h2-8H,9H2,1H3,(H,20,21). The average Bonchev–Trinajstić information content (AvgIpc) is 2.62. The van der Waals surface area contributed by atoms with Crippen LogP contribution in [-0.4, -0.2) is 31.6 Å². The average molecular weight is 366 g/mol. The van der Waals surface area contributed by atoms with Crippen molar-refractivity contribution in [1.82, 2.24) is 0 Å². The van der Waals surface area contributed by atoms with Crippen LogP contribution in [0.3, 0.4) is 0 Å². The number of carbonyl (C=O) groups is 3. The van der Waals surface area contributed by atoms with E-state index in [0.717, 1.165) is 6.07 Å². The van der Waals surface area contributed by atoms with Gasteiger partial charge in [-0.2, -0.15) is 0 Å². The van der Waals surface area contributed by atoms with E-state index in [1.807, 2.05) is 0 Å². The molecule has 0 saturated heterocycles. The van der Waals surface area contributed by atoms with Crippen LogP contribution in [0.15, 0.2) is 42.5 Å². The van der Waals surface area contributed by atoms with Crippen molar-refractivity contribution in [2.24, 2.45) is 0 Å². The van der Waals surface area contributed by atoms with Crippen LogP contribution >= 0.6 is 11.6 Å². The minimum absolute atomic E-state index is 0.115. The van der Waals surface area contributed by atoms with Crippen molar-refractivity contribution in [3.05, 3.63) is 64.4 Å². The number of esters is 2. The SMILES string of the molecule is COC(=O)c1ccc(C(=O)OCC(=O)Nc2cc(Cl)ccc2F)cc1. The van der Waals surface area contributed by atoms with Gasteiger partial charge in [0.05, 0.1) is 23.9 Å². The van der Waals surface area contributed by atoms with Gasteiger partial charge in [-0.15, -0.1) is 0 Å². The zero-order chi connectivity index (χ0) is 18.4. The van der Waals surface area contributed by atoms with Crippen molar-refractivity contribution < 1.29 is 28.2 Å². The summed E-state index contributed by atoms with van der Waals surface area (Å²) >= 11 is 5.72. The summed E-state index contributed by atoms with van der Waals surface area (Å²) in [6, 6.07) is 9.19. The number of rotatable bonds is 5. The molecular weight excluding hydrogens is 353 g/mol. The molecule has 0 bridgehead atoms. The normalized spacial score (nSPS) is 10.0. The second kappa shape index (κ2) is 8.25. The van der Waals surface area contributed by atoms with Crippen LogP contribution < -0.4 is 5.32 Å². The molecule has 0 atom stereocenters. The lowest BCUT2D eigenvalue weighted by Gasteiger charge is -2.08. The molecule has 2 rings (SSSR count). The van der Waals surface area contributed by atoms with E-state index in [1.54, 1.807) is 0 Å². The van der Waals surface area contributed by atoms with Crippen LogP contribution in [0.2, 0.25) is 5.02 Å². The van der Waals surface area contributed by atoms with E-state index in [0.29, 0.717) is 0 Å². The highest BCUT2D eigenvalue weighted by atomic mass is 35.5. The van der Waals surface area contributed by atoms with Crippen LogP contribution in [0.4, 0.5) is 10.1 Å². The van der Waals surface area contributed by atoms with E-state index >= 15 is 0 Å². The molecule has 2 aromatic carbocycles. The van der Waals surface area contributed by atoms with Gasteiger partial charge in [0.2, 0.25) is 0 Å². The Kier molecular flexibility index (Phi) is 6.08. The zero-order valence-corrected chi connectivity index (χ0v) is 13.8. The third kappa shape index (κ3) is 5.02. The third-order valence-corrected chi connectivity index (χ3v) is 3.31. The van der Waals surface area contributed by atoms with E-state index in [1.165, 1.54) is 43.5 Å². The number of benzene rings is 2. The summed E-state index contributed by atoms with van der Waals surface area (Å²) in [5, 5.41) is 2.50. The molecule has 0 fully saturated rings.